The zero-order valence-corrected chi connectivity index (χ0v) is 28.5. The molecule has 11 nitrogen and oxygen atoms in total. The van der Waals surface area contributed by atoms with E-state index in [1.807, 2.05) is 27.7 Å². The number of alkyl carbamates (subject to hydrolysis) is 1. The Balaban J connectivity index is 1.38. The molecule has 5 atom stereocenters. The summed E-state index contributed by atoms with van der Waals surface area (Å²) in [6, 6.07) is 6.60. The van der Waals surface area contributed by atoms with Crippen LogP contribution in [0, 0.1) is 23.5 Å². The van der Waals surface area contributed by atoms with Gasteiger partial charge >= 0.3 is 6.09 Å². The average Bonchev–Trinajstić information content (AvgIpc) is 3.62. The van der Waals surface area contributed by atoms with Crippen LogP contribution in [0.3, 0.4) is 0 Å². The van der Waals surface area contributed by atoms with Crippen LogP contribution < -0.4 is 10.6 Å². The van der Waals surface area contributed by atoms with Gasteiger partial charge in [0.2, 0.25) is 10.0 Å². The summed E-state index contributed by atoms with van der Waals surface area (Å²) in [5.41, 5.74) is 0.819. The summed E-state index contributed by atoms with van der Waals surface area (Å²) in [6.45, 7) is 8.15. The summed E-state index contributed by atoms with van der Waals surface area (Å²) in [7, 11) is -4.14. The molecule has 3 heterocycles. The van der Waals surface area contributed by atoms with Crippen LogP contribution in [0.4, 0.5) is 18.7 Å². The van der Waals surface area contributed by atoms with E-state index in [1.54, 1.807) is 12.1 Å². The molecular weight excluding hydrogens is 655 g/mol. The van der Waals surface area contributed by atoms with Gasteiger partial charge in [0.1, 0.15) is 17.7 Å². The third-order valence-corrected chi connectivity index (χ3v) is 10.8. The maximum Gasteiger partial charge on any atom is 0.407 e. The molecule has 258 valence electrons. The van der Waals surface area contributed by atoms with Gasteiger partial charge in [-0.1, -0.05) is 25.2 Å². The molecule has 5 rings (SSSR count). The summed E-state index contributed by atoms with van der Waals surface area (Å²) < 4.78 is 75.1. The van der Waals surface area contributed by atoms with Crippen LogP contribution in [0.5, 0.6) is 0 Å². The maximum atomic E-state index is 14.1. The van der Waals surface area contributed by atoms with Gasteiger partial charge in [-0.15, -0.1) is 0 Å². The maximum absolute atomic E-state index is 14.1. The highest BCUT2D eigenvalue weighted by Gasteiger charge is 2.41. The molecule has 2 saturated heterocycles. The van der Waals surface area contributed by atoms with Gasteiger partial charge in [-0.3, -0.25) is 0 Å². The molecule has 47 heavy (non-hydrogen) atoms. The number of rotatable bonds is 13. The van der Waals surface area contributed by atoms with Gasteiger partial charge in [0.15, 0.2) is 11.4 Å². The number of aliphatic hydroxyl groups excluding tert-OH is 1. The minimum absolute atomic E-state index is 0.0292. The second-order valence-electron chi connectivity index (χ2n) is 12.8. The van der Waals surface area contributed by atoms with Crippen LogP contribution in [0.15, 0.2) is 41.3 Å². The Bertz CT molecular complexity index is 1640. The number of carbonyl (C=O) groups is 1. The molecule has 0 unspecified atom stereocenters. The Kier molecular flexibility index (Phi) is 11.3. The summed E-state index contributed by atoms with van der Waals surface area (Å²) in [5.74, 6) is -1.90. The highest BCUT2D eigenvalue weighted by Crippen LogP contribution is 2.33. The molecule has 1 amide bonds. The van der Waals surface area contributed by atoms with Gasteiger partial charge in [-0.05, 0) is 68.5 Å². The standard InChI is InChI=1S/C32H42F2N4O7S2/c1-18(2)16-38(47(41,42)23-5-6-25-29(15-23)46-31(36-25)35-19(3)4)17-27(39)26(13-20-11-21(33)14-22(34)12-20)37-32(40)45-28-8-10-44-30-24(28)7-9-43-30/h5-6,11-12,14-15,18-19,24,26-28,30,39H,7-10,13,16-17H2,1-4H3,(H,35,36)(H,37,40)/t24-,26-,27+,28-,30+/m0/s1. The van der Waals surface area contributed by atoms with E-state index in [0.717, 1.165) is 18.2 Å². The van der Waals surface area contributed by atoms with Gasteiger partial charge < -0.3 is 30.0 Å². The zero-order valence-electron chi connectivity index (χ0n) is 26.8. The van der Waals surface area contributed by atoms with Crippen LogP contribution in [0.1, 0.15) is 46.1 Å². The molecule has 15 heteroatoms. The molecule has 0 bridgehead atoms. The highest BCUT2D eigenvalue weighted by molar-refractivity contribution is 7.89. The minimum atomic E-state index is -4.14. The van der Waals surface area contributed by atoms with Crippen molar-refractivity contribution in [3.8, 4) is 0 Å². The van der Waals surface area contributed by atoms with Crippen molar-refractivity contribution in [1.82, 2.24) is 14.6 Å². The van der Waals surface area contributed by atoms with Gasteiger partial charge in [-0.2, -0.15) is 4.31 Å². The van der Waals surface area contributed by atoms with Crippen LogP contribution in [-0.2, 0) is 30.7 Å². The van der Waals surface area contributed by atoms with E-state index in [-0.39, 0.29) is 41.3 Å². The highest BCUT2D eigenvalue weighted by atomic mass is 32.2. The number of nitrogens with one attached hydrogen (secondary N) is 2. The molecule has 2 aliphatic heterocycles. The van der Waals surface area contributed by atoms with Crippen LogP contribution in [0.25, 0.3) is 10.2 Å². The topological polar surface area (TPSA) is 139 Å². The lowest BCUT2D eigenvalue weighted by Crippen LogP contribution is -2.52. The molecule has 2 aromatic carbocycles. The van der Waals surface area contributed by atoms with E-state index in [0.29, 0.717) is 41.4 Å². The lowest BCUT2D eigenvalue weighted by Gasteiger charge is -2.33. The minimum Gasteiger partial charge on any atom is -0.446 e. The monoisotopic (exact) mass is 696 g/mol. The Morgan fingerprint density at radius 3 is 2.47 bits per heavy atom. The zero-order chi connectivity index (χ0) is 33.9. The first kappa shape index (κ1) is 35.4. The normalized spacial score (nSPS) is 21.3. The third kappa shape index (κ3) is 8.95. The second-order valence-corrected chi connectivity index (χ2v) is 15.7. The fourth-order valence-corrected chi connectivity index (χ4v) is 8.67. The number of ether oxygens (including phenoxy) is 3. The van der Waals surface area contributed by atoms with E-state index in [9.17, 15) is 27.1 Å². The van der Waals surface area contributed by atoms with Crippen molar-refractivity contribution >= 4 is 42.8 Å². The van der Waals surface area contributed by atoms with E-state index >= 15 is 0 Å². The predicted molar refractivity (Wildman–Crippen MR) is 174 cm³/mol. The molecule has 1 aromatic heterocycles. The molecule has 0 aliphatic carbocycles. The molecule has 3 aromatic rings. The van der Waals surface area contributed by atoms with E-state index in [2.05, 4.69) is 15.6 Å². The number of thiazole rings is 1. The predicted octanol–water partition coefficient (Wildman–Crippen LogP) is 4.89. The fraction of sp³-hybridized carbons (Fsp3) is 0.562. The van der Waals surface area contributed by atoms with Crippen molar-refractivity contribution in [3.63, 3.8) is 0 Å². The summed E-state index contributed by atoms with van der Waals surface area (Å²) in [4.78, 5) is 17.7. The van der Waals surface area contributed by atoms with Gasteiger partial charge in [0.25, 0.3) is 0 Å². The molecule has 3 N–H and O–H groups in total. The number of aliphatic hydroxyl groups is 1. The average molecular weight is 697 g/mol. The largest absolute Gasteiger partial charge is 0.446 e. The first-order chi connectivity index (χ1) is 22.3. The fourth-order valence-electron chi connectivity index (χ4n) is 5.90. The Morgan fingerprint density at radius 1 is 1.09 bits per heavy atom. The number of halogens is 2. The first-order valence-electron chi connectivity index (χ1n) is 15.8. The van der Waals surface area contributed by atoms with Crippen molar-refractivity contribution in [3.05, 3.63) is 53.6 Å². The van der Waals surface area contributed by atoms with E-state index in [4.69, 9.17) is 14.2 Å². The lowest BCUT2D eigenvalue weighted by molar-refractivity contribution is -0.179. The van der Waals surface area contributed by atoms with E-state index < -0.39 is 58.8 Å². The number of benzene rings is 2. The second kappa shape index (κ2) is 15.1. The quantitative estimate of drug-likeness (QED) is 0.228. The first-order valence-corrected chi connectivity index (χ1v) is 18.0. The smallest absolute Gasteiger partial charge is 0.407 e. The summed E-state index contributed by atoms with van der Waals surface area (Å²) >= 11 is 1.34. The number of hydrogen-bond donors (Lipinski definition) is 3. The van der Waals surface area contributed by atoms with Crippen LogP contribution in [0.2, 0.25) is 0 Å². The van der Waals surface area contributed by atoms with Crippen molar-refractivity contribution in [2.75, 3.05) is 31.6 Å². The van der Waals surface area contributed by atoms with Gasteiger partial charge in [0.05, 0.1) is 40.5 Å². The van der Waals surface area contributed by atoms with E-state index in [1.165, 1.54) is 21.7 Å². The van der Waals surface area contributed by atoms with Crippen LogP contribution >= 0.6 is 11.3 Å². The Labute approximate surface area is 277 Å². The van der Waals surface area contributed by atoms with Crippen molar-refractivity contribution in [2.24, 2.45) is 11.8 Å². The summed E-state index contributed by atoms with van der Waals surface area (Å²) in [5, 5.41) is 18.1. The molecule has 0 spiro atoms. The number of carbonyl (C=O) groups excluding carboxylic acids is 1. The number of anilines is 1. The van der Waals surface area contributed by atoms with Crippen molar-refractivity contribution in [1.29, 1.82) is 0 Å². The Morgan fingerprint density at radius 2 is 1.79 bits per heavy atom. The lowest BCUT2D eigenvalue weighted by atomic mass is 9.95. The van der Waals surface area contributed by atoms with Crippen molar-refractivity contribution in [2.45, 2.75) is 82.4 Å². The number of fused-ring (bicyclic) bond motifs is 2. The molecule has 2 fully saturated rings. The summed E-state index contributed by atoms with van der Waals surface area (Å²) in [6.07, 6.45) is -2.35. The molecular formula is C32H42F2N4O7S2. The number of hydrogen-bond acceptors (Lipinski definition) is 10. The Hall–Kier alpha value is -2.95. The molecule has 0 saturated carbocycles. The number of sulfonamides is 1. The van der Waals surface area contributed by atoms with Crippen molar-refractivity contribution < 1.29 is 41.3 Å². The number of amides is 1. The number of nitrogens with zero attached hydrogens (tertiary/aromatic N) is 2. The van der Waals surface area contributed by atoms with Crippen LogP contribution in [-0.4, -0.2) is 85.8 Å². The SMILES string of the molecule is CC(C)CN(C[C@@H](O)[C@H](Cc1cc(F)cc(F)c1)NC(=O)O[C@H]1CCO[C@H]2OCC[C@H]21)S(=O)(=O)c1ccc2nc(NC(C)C)sc2c1. The third-order valence-electron chi connectivity index (χ3n) is 8.02. The number of aromatic nitrogens is 1. The molecule has 2 aliphatic rings. The van der Waals surface area contributed by atoms with Gasteiger partial charge in [0, 0.05) is 37.5 Å². The van der Waals surface area contributed by atoms with Gasteiger partial charge in [-0.25, -0.2) is 27.0 Å². The molecule has 0 radical (unpaired) electrons.